The summed E-state index contributed by atoms with van der Waals surface area (Å²) in [6.07, 6.45) is 0.565. The Hall–Kier alpha value is -2.87. The Morgan fingerprint density at radius 2 is 1.93 bits per heavy atom. The van der Waals surface area contributed by atoms with E-state index in [1.54, 1.807) is 19.1 Å². The number of sulfonamides is 1. The van der Waals surface area contributed by atoms with E-state index in [2.05, 4.69) is 9.82 Å². The number of hydrogen-bond donors (Lipinski definition) is 1. The molecule has 0 saturated heterocycles. The summed E-state index contributed by atoms with van der Waals surface area (Å²) >= 11 is 0. The number of benzene rings is 2. The molecule has 3 rings (SSSR count). The zero-order valence-electron chi connectivity index (χ0n) is 16.8. The highest BCUT2D eigenvalue weighted by Crippen LogP contribution is 2.34. The minimum absolute atomic E-state index is 0.0114. The molecule has 0 fully saturated rings. The van der Waals surface area contributed by atoms with Crippen molar-refractivity contribution in [2.75, 3.05) is 17.1 Å². The van der Waals surface area contributed by atoms with E-state index in [0.29, 0.717) is 18.7 Å². The minimum Gasteiger partial charge on any atom is -0.494 e. The largest absolute Gasteiger partial charge is 0.494 e. The fourth-order valence-corrected chi connectivity index (χ4v) is 3.83. The maximum atomic E-state index is 12.2. The number of carbonyl (C=O) groups excluding carboxylic acids is 1. The van der Waals surface area contributed by atoms with Crippen LogP contribution in [0.5, 0.6) is 5.75 Å². The van der Waals surface area contributed by atoms with Gasteiger partial charge in [0.25, 0.3) is 0 Å². The second-order valence-electron chi connectivity index (χ2n) is 6.72. The van der Waals surface area contributed by atoms with Crippen molar-refractivity contribution in [3.05, 3.63) is 59.7 Å². The van der Waals surface area contributed by atoms with Gasteiger partial charge in [-0.2, -0.15) is 5.10 Å². The summed E-state index contributed by atoms with van der Waals surface area (Å²) in [4.78, 5) is 12.2. The van der Waals surface area contributed by atoms with Crippen molar-refractivity contribution in [2.24, 2.45) is 5.10 Å². The van der Waals surface area contributed by atoms with Gasteiger partial charge in [-0.3, -0.25) is 9.52 Å². The molecule has 29 heavy (non-hydrogen) atoms. The second-order valence-corrected chi connectivity index (χ2v) is 8.73. The van der Waals surface area contributed by atoms with Crippen LogP contribution < -0.4 is 9.46 Å². The molecule has 2 aromatic carbocycles. The number of nitrogens with one attached hydrogen (secondary N) is 1. The number of nitrogens with zero attached hydrogens (tertiary/aromatic N) is 2. The number of hydrazone groups is 1. The van der Waals surface area contributed by atoms with Crippen molar-refractivity contribution in [1.82, 2.24) is 5.01 Å². The maximum Gasteiger partial charge on any atom is 0.240 e. The molecule has 1 aliphatic rings. The summed E-state index contributed by atoms with van der Waals surface area (Å²) in [6, 6.07) is 14.5. The van der Waals surface area contributed by atoms with Crippen LogP contribution in [0.15, 0.2) is 53.6 Å². The Kier molecular flexibility index (Phi) is 6.22. The van der Waals surface area contributed by atoms with E-state index in [1.165, 1.54) is 11.9 Å². The third-order valence-electron chi connectivity index (χ3n) is 4.66. The smallest absolute Gasteiger partial charge is 0.240 e. The Labute approximate surface area is 171 Å². The van der Waals surface area contributed by atoms with Crippen LogP contribution in [-0.4, -0.2) is 37.4 Å². The van der Waals surface area contributed by atoms with Gasteiger partial charge in [0.1, 0.15) is 5.75 Å². The number of amides is 1. The average Bonchev–Trinajstić information content (AvgIpc) is 3.15. The third kappa shape index (κ3) is 4.95. The lowest BCUT2D eigenvalue weighted by Gasteiger charge is -2.21. The Bertz CT molecular complexity index is 1020. The summed E-state index contributed by atoms with van der Waals surface area (Å²) in [7, 11) is -3.32. The van der Waals surface area contributed by atoms with E-state index >= 15 is 0 Å². The van der Waals surface area contributed by atoms with Gasteiger partial charge in [-0.25, -0.2) is 13.4 Å². The van der Waals surface area contributed by atoms with Crippen molar-refractivity contribution >= 4 is 27.3 Å². The lowest BCUT2D eigenvalue weighted by molar-refractivity contribution is -0.130. The van der Waals surface area contributed by atoms with E-state index in [0.717, 1.165) is 22.6 Å². The van der Waals surface area contributed by atoms with Crippen molar-refractivity contribution in [3.8, 4) is 5.75 Å². The summed E-state index contributed by atoms with van der Waals surface area (Å²) < 4.78 is 31.5. The zero-order valence-corrected chi connectivity index (χ0v) is 17.6. The Balaban J connectivity index is 1.83. The first kappa shape index (κ1) is 20.9. The van der Waals surface area contributed by atoms with E-state index in [1.807, 2.05) is 43.3 Å². The topological polar surface area (TPSA) is 88.1 Å². The average molecular weight is 416 g/mol. The van der Waals surface area contributed by atoms with Gasteiger partial charge in [-0.05, 0) is 49.2 Å². The van der Waals surface area contributed by atoms with Crippen LogP contribution in [0.2, 0.25) is 0 Å². The first-order valence-corrected chi connectivity index (χ1v) is 11.2. The van der Waals surface area contributed by atoms with Gasteiger partial charge >= 0.3 is 0 Å². The SMILES string of the molecule is CCOc1cccc([C@@H]2CC(c3ccc(NS(=O)(=O)CC)cc3)=NN2C(C)=O)c1. The standard InChI is InChI=1S/C21H25N3O4S/c1-4-28-19-8-6-7-17(13-19)21-14-20(22-24(21)15(3)25)16-9-11-18(12-10-16)23-29(26,27)5-2/h6-13,21,23H,4-5,14H2,1-3H3/t21-/m0/s1. The second kappa shape index (κ2) is 8.65. The van der Waals surface area contributed by atoms with Crippen LogP contribution >= 0.6 is 0 Å². The molecule has 0 radical (unpaired) electrons. The summed E-state index contributed by atoms with van der Waals surface area (Å²) in [6.45, 7) is 5.57. The first-order chi connectivity index (χ1) is 13.8. The summed E-state index contributed by atoms with van der Waals surface area (Å²) in [5.41, 5.74) is 3.08. The number of carbonyl (C=O) groups is 1. The van der Waals surface area contributed by atoms with Crippen LogP contribution in [0.3, 0.4) is 0 Å². The third-order valence-corrected chi connectivity index (χ3v) is 5.97. The fraction of sp³-hybridized carbons (Fsp3) is 0.333. The molecular formula is C21H25N3O4S. The highest BCUT2D eigenvalue weighted by molar-refractivity contribution is 7.92. The molecule has 7 nitrogen and oxygen atoms in total. The van der Waals surface area contributed by atoms with Crippen LogP contribution in [-0.2, 0) is 14.8 Å². The molecule has 1 amide bonds. The molecule has 0 aliphatic carbocycles. The Morgan fingerprint density at radius 1 is 1.21 bits per heavy atom. The van der Waals surface area contributed by atoms with Gasteiger partial charge in [0, 0.05) is 19.0 Å². The summed E-state index contributed by atoms with van der Waals surface area (Å²) in [5, 5.41) is 6.03. The Morgan fingerprint density at radius 3 is 2.55 bits per heavy atom. The molecule has 1 N–H and O–H groups in total. The van der Waals surface area contributed by atoms with Crippen LogP contribution in [0.1, 0.15) is 44.4 Å². The number of ether oxygens (including phenoxy) is 1. The fourth-order valence-electron chi connectivity index (χ4n) is 3.20. The van der Waals surface area contributed by atoms with Crippen LogP contribution in [0.25, 0.3) is 0 Å². The lowest BCUT2D eigenvalue weighted by atomic mass is 9.98. The lowest BCUT2D eigenvalue weighted by Crippen LogP contribution is -2.24. The molecule has 1 heterocycles. The van der Waals surface area contributed by atoms with Crippen molar-refractivity contribution in [3.63, 3.8) is 0 Å². The quantitative estimate of drug-likeness (QED) is 0.749. The normalized spacial score (nSPS) is 16.4. The van der Waals surface area contributed by atoms with Gasteiger partial charge in [0.2, 0.25) is 15.9 Å². The molecule has 0 unspecified atom stereocenters. The van der Waals surface area contributed by atoms with Crippen molar-refractivity contribution in [2.45, 2.75) is 33.2 Å². The highest BCUT2D eigenvalue weighted by Gasteiger charge is 2.31. The molecule has 2 aromatic rings. The van der Waals surface area contributed by atoms with Gasteiger partial charge < -0.3 is 4.74 Å². The number of hydrogen-bond acceptors (Lipinski definition) is 5. The van der Waals surface area contributed by atoms with Gasteiger partial charge in [0.15, 0.2) is 0 Å². The molecule has 0 aromatic heterocycles. The molecule has 0 saturated carbocycles. The monoisotopic (exact) mass is 415 g/mol. The van der Waals surface area contributed by atoms with E-state index in [9.17, 15) is 13.2 Å². The molecular weight excluding hydrogens is 390 g/mol. The predicted octanol–water partition coefficient (Wildman–Crippen LogP) is 3.54. The predicted molar refractivity (Wildman–Crippen MR) is 114 cm³/mol. The minimum atomic E-state index is -3.32. The van der Waals surface area contributed by atoms with Crippen molar-refractivity contribution < 1.29 is 17.9 Å². The highest BCUT2D eigenvalue weighted by atomic mass is 32.2. The van der Waals surface area contributed by atoms with Gasteiger partial charge in [0.05, 0.1) is 24.1 Å². The molecule has 0 spiro atoms. The van der Waals surface area contributed by atoms with Gasteiger partial charge in [-0.15, -0.1) is 0 Å². The van der Waals surface area contributed by atoms with E-state index < -0.39 is 10.0 Å². The van der Waals surface area contributed by atoms with Gasteiger partial charge in [-0.1, -0.05) is 24.3 Å². The molecule has 8 heteroatoms. The van der Waals surface area contributed by atoms with Crippen LogP contribution in [0, 0.1) is 0 Å². The number of rotatable bonds is 7. The zero-order chi connectivity index (χ0) is 21.0. The van der Waals surface area contributed by atoms with Crippen LogP contribution in [0.4, 0.5) is 5.69 Å². The molecule has 1 atom stereocenters. The molecule has 1 aliphatic heterocycles. The molecule has 154 valence electrons. The number of anilines is 1. The molecule has 0 bridgehead atoms. The summed E-state index contributed by atoms with van der Waals surface area (Å²) in [5.74, 6) is 0.631. The van der Waals surface area contributed by atoms with Crippen molar-refractivity contribution in [1.29, 1.82) is 0 Å². The van der Waals surface area contributed by atoms with E-state index in [4.69, 9.17) is 4.74 Å². The maximum absolute atomic E-state index is 12.2. The first-order valence-electron chi connectivity index (χ1n) is 9.54. The van der Waals surface area contributed by atoms with E-state index in [-0.39, 0.29) is 17.7 Å².